The fourth-order valence-electron chi connectivity index (χ4n) is 3.87. The van der Waals surface area contributed by atoms with Gasteiger partial charge in [-0.15, -0.1) is 0 Å². The van der Waals surface area contributed by atoms with Gasteiger partial charge in [0.25, 0.3) is 10.0 Å². The lowest BCUT2D eigenvalue weighted by Gasteiger charge is -2.33. The molecule has 1 N–H and O–H groups in total. The summed E-state index contributed by atoms with van der Waals surface area (Å²) in [4.78, 5) is 28.2. The highest BCUT2D eigenvalue weighted by Crippen LogP contribution is 2.27. The monoisotopic (exact) mass is 527 g/mol. The molecule has 3 aromatic carbocycles. The molecule has 0 fully saturated rings. The van der Waals surface area contributed by atoms with Crippen LogP contribution in [0.15, 0.2) is 89.8 Å². The lowest BCUT2D eigenvalue weighted by atomic mass is 10.1. The molecule has 2 amide bonds. The molecule has 9 heteroatoms. The Bertz CT molecular complexity index is 1270. The van der Waals surface area contributed by atoms with Crippen LogP contribution in [0.5, 0.6) is 0 Å². The van der Waals surface area contributed by atoms with Crippen molar-refractivity contribution in [2.24, 2.45) is 0 Å². The number of rotatable bonds is 11. The fraction of sp³-hybridized carbons (Fsp3) is 0.259. The van der Waals surface area contributed by atoms with Gasteiger partial charge in [-0.2, -0.15) is 0 Å². The van der Waals surface area contributed by atoms with Crippen LogP contribution in [-0.2, 0) is 26.2 Å². The van der Waals surface area contributed by atoms with E-state index in [9.17, 15) is 18.0 Å². The number of carbonyl (C=O) groups is 2. The van der Waals surface area contributed by atoms with Crippen LogP contribution < -0.4 is 9.62 Å². The molecule has 0 radical (unpaired) electrons. The van der Waals surface area contributed by atoms with Gasteiger partial charge in [-0.1, -0.05) is 73.1 Å². The average molecular weight is 528 g/mol. The largest absolute Gasteiger partial charge is 0.355 e. The van der Waals surface area contributed by atoms with Crippen molar-refractivity contribution >= 4 is 39.1 Å². The highest BCUT2D eigenvalue weighted by Gasteiger charge is 2.33. The van der Waals surface area contributed by atoms with E-state index in [-0.39, 0.29) is 23.0 Å². The van der Waals surface area contributed by atoms with E-state index in [2.05, 4.69) is 5.32 Å². The minimum absolute atomic E-state index is 0.0446. The van der Waals surface area contributed by atoms with Crippen LogP contribution >= 0.6 is 11.6 Å². The van der Waals surface area contributed by atoms with E-state index in [1.165, 1.54) is 23.1 Å². The Hall–Kier alpha value is -3.36. The summed E-state index contributed by atoms with van der Waals surface area (Å²) in [6.07, 6.45) is 0.368. The van der Waals surface area contributed by atoms with E-state index in [0.29, 0.717) is 18.0 Å². The second kappa shape index (κ2) is 12.6. The first-order valence-electron chi connectivity index (χ1n) is 11.7. The van der Waals surface area contributed by atoms with Crippen molar-refractivity contribution in [2.45, 2.75) is 37.8 Å². The smallest absolute Gasteiger partial charge is 0.264 e. The number of likely N-dealkylation sites (N-methyl/N-ethyl adjacent to an activating group) is 1. The Labute approximate surface area is 217 Å². The van der Waals surface area contributed by atoms with Crippen molar-refractivity contribution in [3.63, 3.8) is 0 Å². The van der Waals surface area contributed by atoms with Crippen LogP contribution in [0.4, 0.5) is 5.69 Å². The maximum Gasteiger partial charge on any atom is 0.264 e. The Kier molecular flexibility index (Phi) is 9.50. The Balaban J connectivity index is 2.04. The fourth-order valence-corrected chi connectivity index (χ4v) is 5.48. The van der Waals surface area contributed by atoms with Gasteiger partial charge in [-0.05, 0) is 49.2 Å². The second-order valence-corrected chi connectivity index (χ2v) is 10.4. The Morgan fingerprint density at radius 3 is 2.14 bits per heavy atom. The van der Waals surface area contributed by atoms with Gasteiger partial charge in [0, 0.05) is 18.1 Å². The molecule has 0 saturated carbocycles. The summed E-state index contributed by atoms with van der Waals surface area (Å²) in [5, 5.41) is 3.12. The van der Waals surface area contributed by atoms with Crippen LogP contribution in [0.1, 0.15) is 25.8 Å². The van der Waals surface area contributed by atoms with E-state index >= 15 is 0 Å². The van der Waals surface area contributed by atoms with Crippen molar-refractivity contribution in [1.82, 2.24) is 10.2 Å². The molecular weight excluding hydrogens is 498 g/mol. The molecule has 7 nitrogen and oxygen atoms in total. The third-order valence-corrected chi connectivity index (χ3v) is 7.66. The lowest BCUT2D eigenvalue weighted by Crippen LogP contribution is -2.52. The third kappa shape index (κ3) is 6.65. The summed E-state index contributed by atoms with van der Waals surface area (Å²) >= 11 is 6.17. The van der Waals surface area contributed by atoms with Crippen molar-refractivity contribution in [1.29, 1.82) is 0 Å². The molecule has 0 spiro atoms. The van der Waals surface area contributed by atoms with Gasteiger partial charge in [-0.3, -0.25) is 13.9 Å². The number of sulfonamides is 1. The summed E-state index contributed by atoms with van der Waals surface area (Å²) in [6.45, 7) is 3.70. The van der Waals surface area contributed by atoms with Gasteiger partial charge in [-0.25, -0.2) is 8.42 Å². The number of carbonyl (C=O) groups excluding carboxylic acids is 2. The van der Waals surface area contributed by atoms with Crippen LogP contribution in [0, 0.1) is 0 Å². The van der Waals surface area contributed by atoms with Crippen molar-refractivity contribution in [3.05, 3.63) is 95.5 Å². The van der Waals surface area contributed by atoms with Crippen LogP contribution in [0.2, 0.25) is 5.02 Å². The second-order valence-electron chi connectivity index (χ2n) is 8.13. The van der Waals surface area contributed by atoms with E-state index in [1.807, 2.05) is 37.3 Å². The van der Waals surface area contributed by atoms with Crippen molar-refractivity contribution in [2.75, 3.05) is 17.4 Å². The number of hydrogen-bond donors (Lipinski definition) is 1. The molecule has 3 rings (SSSR count). The normalized spacial score (nSPS) is 12.0. The minimum Gasteiger partial charge on any atom is -0.355 e. The molecule has 36 heavy (non-hydrogen) atoms. The number of nitrogens with zero attached hydrogens (tertiary/aromatic N) is 2. The van der Waals surface area contributed by atoms with Gasteiger partial charge in [0.05, 0.1) is 10.6 Å². The molecule has 0 heterocycles. The van der Waals surface area contributed by atoms with E-state index < -0.39 is 28.5 Å². The molecule has 0 unspecified atom stereocenters. The Morgan fingerprint density at radius 1 is 0.917 bits per heavy atom. The van der Waals surface area contributed by atoms with E-state index in [4.69, 9.17) is 11.6 Å². The maximum absolute atomic E-state index is 13.8. The van der Waals surface area contributed by atoms with Crippen molar-refractivity contribution in [3.8, 4) is 0 Å². The van der Waals surface area contributed by atoms with Gasteiger partial charge < -0.3 is 10.2 Å². The van der Waals surface area contributed by atoms with E-state index in [0.717, 1.165) is 9.87 Å². The zero-order valence-electron chi connectivity index (χ0n) is 20.3. The molecule has 0 saturated heterocycles. The Morgan fingerprint density at radius 2 is 1.56 bits per heavy atom. The molecular formula is C27H30ClN3O4S. The average Bonchev–Trinajstić information content (AvgIpc) is 2.88. The predicted molar refractivity (Wildman–Crippen MR) is 142 cm³/mol. The number of anilines is 1. The molecule has 1 atom stereocenters. The lowest BCUT2D eigenvalue weighted by molar-refractivity contribution is -0.140. The molecule has 3 aromatic rings. The molecule has 0 aromatic heterocycles. The number of amides is 2. The maximum atomic E-state index is 13.8. The quantitative estimate of drug-likeness (QED) is 0.398. The summed E-state index contributed by atoms with van der Waals surface area (Å²) in [6, 6.07) is 22.8. The van der Waals surface area contributed by atoms with Gasteiger partial charge in [0.15, 0.2) is 0 Å². The standard InChI is InChI=1S/C27H30ClN3O4S/c1-3-25(27(33)29-4-2)30(19-21-12-7-5-8-13-21)26(32)20-31(23-15-11-14-22(28)18-23)36(34,35)24-16-9-6-10-17-24/h5-18,25H,3-4,19-20H2,1-2H3,(H,29,33)/t25-/m0/s1. The van der Waals surface area contributed by atoms with Crippen molar-refractivity contribution < 1.29 is 18.0 Å². The summed E-state index contributed by atoms with van der Waals surface area (Å²) in [5.41, 5.74) is 1.08. The molecule has 0 bridgehead atoms. The summed E-state index contributed by atoms with van der Waals surface area (Å²) in [5.74, 6) is -0.791. The minimum atomic E-state index is -4.11. The third-order valence-electron chi connectivity index (χ3n) is 5.64. The number of benzene rings is 3. The SMILES string of the molecule is CCNC(=O)[C@H](CC)N(Cc1ccccc1)C(=O)CN(c1cccc(Cl)c1)S(=O)(=O)c1ccccc1. The summed E-state index contributed by atoms with van der Waals surface area (Å²) < 4.78 is 28.4. The first-order valence-corrected chi connectivity index (χ1v) is 13.5. The topological polar surface area (TPSA) is 86.8 Å². The first-order chi connectivity index (χ1) is 17.3. The molecule has 0 aliphatic rings. The number of hydrogen-bond acceptors (Lipinski definition) is 4. The first kappa shape index (κ1) is 27.2. The zero-order chi connectivity index (χ0) is 26.1. The predicted octanol–water partition coefficient (Wildman–Crippen LogP) is 4.48. The molecule has 0 aliphatic carbocycles. The van der Waals surface area contributed by atoms with Gasteiger partial charge in [0.2, 0.25) is 11.8 Å². The van der Waals surface area contributed by atoms with Gasteiger partial charge >= 0.3 is 0 Å². The van der Waals surface area contributed by atoms with Crippen LogP contribution in [0.3, 0.4) is 0 Å². The van der Waals surface area contributed by atoms with Crippen LogP contribution in [-0.4, -0.2) is 44.3 Å². The molecule has 190 valence electrons. The van der Waals surface area contributed by atoms with E-state index in [1.54, 1.807) is 43.3 Å². The summed E-state index contributed by atoms with van der Waals surface area (Å²) in [7, 11) is -4.11. The highest BCUT2D eigenvalue weighted by atomic mass is 35.5. The zero-order valence-corrected chi connectivity index (χ0v) is 21.9. The van der Waals surface area contributed by atoms with Gasteiger partial charge in [0.1, 0.15) is 12.6 Å². The number of nitrogens with one attached hydrogen (secondary N) is 1. The number of halogens is 1. The highest BCUT2D eigenvalue weighted by molar-refractivity contribution is 7.92. The molecule has 0 aliphatic heterocycles. The van der Waals surface area contributed by atoms with Crippen LogP contribution in [0.25, 0.3) is 0 Å².